The highest BCUT2D eigenvalue weighted by molar-refractivity contribution is 6.07. The molecular weight excluding hydrogens is 244 g/mol. The predicted octanol–water partition coefficient (Wildman–Crippen LogP) is 2.15. The lowest BCUT2D eigenvalue weighted by Gasteiger charge is -2.24. The van der Waals surface area contributed by atoms with Gasteiger partial charge in [0.2, 0.25) is 0 Å². The number of benzene rings is 1. The van der Waals surface area contributed by atoms with Crippen LogP contribution < -0.4 is 5.32 Å². The number of fused-ring (bicyclic) bond motifs is 1. The topological polar surface area (TPSA) is 82.2 Å². The van der Waals surface area contributed by atoms with E-state index in [1.54, 1.807) is 25.3 Å². The molecule has 5 nitrogen and oxygen atoms in total. The summed E-state index contributed by atoms with van der Waals surface area (Å²) in [6.45, 7) is 3.23. The van der Waals surface area contributed by atoms with Crippen LogP contribution in [0.3, 0.4) is 0 Å². The maximum Gasteiger partial charge on any atom is 0.329 e. The molecule has 0 aliphatic heterocycles. The highest BCUT2D eigenvalue weighted by Crippen LogP contribution is 2.18. The first kappa shape index (κ1) is 13.1. The number of amides is 1. The Balaban J connectivity index is 2.35. The average molecular weight is 260 g/mol. The zero-order chi connectivity index (χ0) is 14.0. The second kappa shape index (κ2) is 4.76. The van der Waals surface area contributed by atoms with Gasteiger partial charge in [-0.25, -0.2) is 4.79 Å². The van der Waals surface area contributed by atoms with Crippen molar-refractivity contribution in [1.82, 2.24) is 10.3 Å². The molecule has 0 saturated heterocycles. The minimum atomic E-state index is -1.26. The van der Waals surface area contributed by atoms with Crippen molar-refractivity contribution < 1.29 is 14.7 Å². The summed E-state index contributed by atoms with van der Waals surface area (Å²) in [5.74, 6) is -1.43. The van der Waals surface area contributed by atoms with Gasteiger partial charge in [-0.15, -0.1) is 0 Å². The summed E-state index contributed by atoms with van der Waals surface area (Å²) in [4.78, 5) is 26.4. The summed E-state index contributed by atoms with van der Waals surface area (Å²) in [5.41, 5.74) is -0.0986. The lowest BCUT2D eigenvalue weighted by molar-refractivity contribution is -0.143. The van der Waals surface area contributed by atoms with Crippen LogP contribution >= 0.6 is 0 Å². The van der Waals surface area contributed by atoms with Crippen molar-refractivity contribution in [2.45, 2.75) is 25.8 Å². The van der Waals surface area contributed by atoms with Crippen molar-refractivity contribution >= 4 is 22.8 Å². The Labute approximate surface area is 110 Å². The van der Waals surface area contributed by atoms with Crippen LogP contribution in [0.2, 0.25) is 0 Å². The molecule has 2 rings (SSSR count). The minimum Gasteiger partial charge on any atom is -0.480 e. The lowest BCUT2D eigenvalue weighted by Crippen LogP contribution is -2.51. The monoisotopic (exact) mass is 260 g/mol. The van der Waals surface area contributed by atoms with Crippen LogP contribution in [0.25, 0.3) is 10.9 Å². The van der Waals surface area contributed by atoms with Crippen molar-refractivity contribution in [3.8, 4) is 0 Å². The molecule has 19 heavy (non-hydrogen) atoms. The van der Waals surface area contributed by atoms with E-state index in [0.717, 1.165) is 5.39 Å². The first-order chi connectivity index (χ1) is 8.98. The molecule has 2 aromatic rings. The van der Waals surface area contributed by atoms with Gasteiger partial charge in [-0.05, 0) is 25.5 Å². The molecule has 0 aliphatic carbocycles. The number of aliphatic carboxylic acids is 1. The first-order valence-electron chi connectivity index (χ1n) is 6.10. The number of carboxylic acids is 1. The minimum absolute atomic E-state index is 0.314. The van der Waals surface area contributed by atoms with Gasteiger partial charge < -0.3 is 15.4 Å². The molecular formula is C14H16N2O3. The van der Waals surface area contributed by atoms with Gasteiger partial charge in [0.25, 0.3) is 5.91 Å². The molecule has 5 heteroatoms. The average Bonchev–Trinajstić information content (AvgIpc) is 2.86. The smallest absolute Gasteiger partial charge is 0.329 e. The second-order valence-corrected chi connectivity index (χ2v) is 4.69. The zero-order valence-electron chi connectivity index (χ0n) is 10.9. The Morgan fingerprint density at radius 2 is 2.11 bits per heavy atom. The predicted molar refractivity (Wildman–Crippen MR) is 72.1 cm³/mol. The molecule has 1 aromatic carbocycles. The van der Waals surface area contributed by atoms with Crippen LogP contribution in [0.1, 0.15) is 30.6 Å². The van der Waals surface area contributed by atoms with Crippen LogP contribution in [0.5, 0.6) is 0 Å². The highest BCUT2D eigenvalue weighted by atomic mass is 16.4. The molecule has 1 amide bonds. The summed E-state index contributed by atoms with van der Waals surface area (Å²) in [5, 5.41) is 12.7. The van der Waals surface area contributed by atoms with E-state index in [2.05, 4.69) is 10.3 Å². The van der Waals surface area contributed by atoms with Gasteiger partial charge in [0.05, 0.1) is 11.1 Å². The molecule has 0 fully saturated rings. The number of carbonyl (C=O) groups is 2. The zero-order valence-corrected chi connectivity index (χ0v) is 10.9. The number of hydrogen-bond donors (Lipinski definition) is 3. The molecule has 1 unspecified atom stereocenters. The molecule has 0 radical (unpaired) electrons. The highest BCUT2D eigenvalue weighted by Gasteiger charge is 2.33. The number of aromatic amines is 1. The van der Waals surface area contributed by atoms with Crippen LogP contribution in [-0.4, -0.2) is 27.5 Å². The van der Waals surface area contributed by atoms with Crippen molar-refractivity contribution in [3.05, 3.63) is 36.0 Å². The number of hydrogen-bond acceptors (Lipinski definition) is 2. The Morgan fingerprint density at radius 1 is 1.37 bits per heavy atom. The fraction of sp³-hybridized carbons (Fsp3) is 0.286. The van der Waals surface area contributed by atoms with Gasteiger partial charge in [-0.2, -0.15) is 0 Å². The number of para-hydroxylation sites is 1. The second-order valence-electron chi connectivity index (χ2n) is 4.69. The number of nitrogens with one attached hydrogen (secondary N) is 2. The molecule has 3 N–H and O–H groups in total. The van der Waals surface area contributed by atoms with E-state index < -0.39 is 11.5 Å². The van der Waals surface area contributed by atoms with E-state index in [0.29, 0.717) is 17.5 Å². The number of carboxylic acid groups (broad SMARTS) is 1. The Kier molecular flexibility index (Phi) is 3.29. The maximum absolute atomic E-state index is 12.2. The lowest BCUT2D eigenvalue weighted by atomic mass is 9.98. The van der Waals surface area contributed by atoms with Crippen LogP contribution in [0, 0.1) is 0 Å². The van der Waals surface area contributed by atoms with Crippen molar-refractivity contribution in [2.75, 3.05) is 0 Å². The maximum atomic E-state index is 12.2. The molecule has 0 spiro atoms. The van der Waals surface area contributed by atoms with Gasteiger partial charge >= 0.3 is 5.97 Å². The number of rotatable bonds is 4. The van der Waals surface area contributed by atoms with Crippen molar-refractivity contribution in [1.29, 1.82) is 0 Å². The van der Waals surface area contributed by atoms with Gasteiger partial charge in [-0.3, -0.25) is 4.79 Å². The molecule has 1 atom stereocenters. The summed E-state index contributed by atoms with van der Waals surface area (Å²) in [6.07, 6.45) is 2.06. The summed E-state index contributed by atoms with van der Waals surface area (Å²) in [6, 6.07) is 7.20. The third-order valence-corrected chi connectivity index (χ3v) is 3.40. The Hall–Kier alpha value is -2.30. The van der Waals surface area contributed by atoms with Gasteiger partial charge in [0.15, 0.2) is 0 Å². The van der Waals surface area contributed by atoms with E-state index in [1.807, 2.05) is 12.1 Å². The van der Waals surface area contributed by atoms with E-state index in [9.17, 15) is 14.7 Å². The SMILES string of the molecule is CCC(C)(NC(=O)c1cccc2cc[nH]c12)C(=O)O. The fourth-order valence-electron chi connectivity index (χ4n) is 1.89. The third kappa shape index (κ3) is 2.31. The van der Waals surface area contributed by atoms with Crippen LogP contribution in [0.4, 0.5) is 0 Å². The van der Waals surface area contributed by atoms with Crippen LogP contribution in [-0.2, 0) is 4.79 Å². The van der Waals surface area contributed by atoms with Gasteiger partial charge in [0.1, 0.15) is 5.54 Å². The Morgan fingerprint density at radius 3 is 2.74 bits per heavy atom. The van der Waals surface area contributed by atoms with Gasteiger partial charge in [0, 0.05) is 11.6 Å². The molecule has 1 aromatic heterocycles. The number of aromatic nitrogens is 1. The van der Waals surface area contributed by atoms with Crippen molar-refractivity contribution in [2.24, 2.45) is 0 Å². The number of carbonyl (C=O) groups excluding carboxylic acids is 1. The quantitative estimate of drug-likeness (QED) is 0.787. The molecule has 0 aliphatic rings. The summed E-state index contributed by atoms with van der Waals surface area (Å²) in [7, 11) is 0. The van der Waals surface area contributed by atoms with Crippen LogP contribution in [0.15, 0.2) is 30.5 Å². The standard InChI is InChI=1S/C14H16N2O3/c1-3-14(2,13(18)19)16-12(17)10-6-4-5-9-7-8-15-11(9)10/h4-8,15H,3H2,1-2H3,(H,16,17)(H,18,19). The molecule has 100 valence electrons. The largest absolute Gasteiger partial charge is 0.480 e. The fourth-order valence-corrected chi connectivity index (χ4v) is 1.89. The van der Waals surface area contributed by atoms with E-state index in [1.165, 1.54) is 6.92 Å². The van der Waals surface area contributed by atoms with E-state index in [-0.39, 0.29) is 5.91 Å². The first-order valence-corrected chi connectivity index (χ1v) is 6.10. The summed E-state index contributed by atoms with van der Waals surface area (Å²) < 4.78 is 0. The molecule has 1 heterocycles. The van der Waals surface area contributed by atoms with E-state index >= 15 is 0 Å². The van der Waals surface area contributed by atoms with E-state index in [4.69, 9.17) is 0 Å². The van der Waals surface area contributed by atoms with Crippen molar-refractivity contribution in [3.63, 3.8) is 0 Å². The normalized spacial score (nSPS) is 14.0. The molecule has 0 saturated carbocycles. The Bertz CT molecular complexity index is 632. The molecule has 0 bridgehead atoms. The third-order valence-electron chi connectivity index (χ3n) is 3.40. The summed E-state index contributed by atoms with van der Waals surface area (Å²) >= 11 is 0. The van der Waals surface area contributed by atoms with Gasteiger partial charge in [-0.1, -0.05) is 19.1 Å². The number of H-pyrrole nitrogens is 1.